The molecule has 0 radical (unpaired) electrons. The summed E-state index contributed by atoms with van der Waals surface area (Å²) in [6, 6.07) is 7.63. The molecule has 3 rings (SSSR count). The van der Waals surface area contributed by atoms with E-state index in [9.17, 15) is 4.79 Å². The van der Waals surface area contributed by atoms with Crippen LogP contribution < -0.4 is 5.32 Å². The number of halogens is 1. The lowest BCUT2D eigenvalue weighted by atomic mass is 10.2. The summed E-state index contributed by atoms with van der Waals surface area (Å²) < 4.78 is 0. The Labute approximate surface area is 147 Å². The summed E-state index contributed by atoms with van der Waals surface area (Å²) in [6.45, 7) is 2.26. The van der Waals surface area contributed by atoms with E-state index in [4.69, 9.17) is 11.6 Å². The van der Waals surface area contributed by atoms with Gasteiger partial charge in [-0.15, -0.1) is 0 Å². The van der Waals surface area contributed by atoms with Crippen LogP contribution in [-0.2, 0) is 6.54 Å². The van der Waals surface area contributed by atoms with Crippen LogP contribution in [0.25, 0.3) is 0 Å². The molecule has 1 aromatic carbocycles. The first-order valence-electron chi connectivity index (χ1n) is 8.32. The van der Waals surface area contributed by atoms with Gasteiger partial charge in [0.05, 0.1) is 12.4 Å². The molecule has 1 amide bonds. The first-order valence-corrected chi connectivity index (χ1v) is 8.70. The normalized spacial score (nSPS) is 15.0. The lowest BCUT2D eigenvalue weighted by Gasteiger charge is -2.19. The highest BCUT2D eigenvalue weighted by Gasteiger charge is 2.18. The zero-order valence-electron chi connectivity index (χ0n) is 13.5. The Balaban J connectivity index is 1.58. The number of rotatable bonds is 4. The molecule has 0 aliphatic carbocycles. The minimum atomic E-state index is -0.0198. The van der Waals surface area contributed by atoms with Gasteiger partial charge >= 0.3 is 0 Å². The molecule has 1 aliphatic rings. The molecule has 1 fully saturated rings. The fraction of sp³-hybridized carbons (Fsp3) is 0.389. The molecule has 126 valence electrons. The number of carbonyl (C=O) groups excluding carboxylic acids is 1. The number of anilines is 1. The SMILES string of the molecule is O=C(c1cnc(NCc2ccc(Cl)cc2)cn1)N1CCCCCC1. The molecule has 24 heavy (non-hydrogen) atoms. The number of amides is 1. The molecule has 1 saturated heterocycles. The quantitative estimate of drug-likeness (QED) is 0.917. The van der Waals surface area contributed by atoms with Crippen molar-refractivity contribution in [3.05, 3.63) is 52.9 Å². The lowest BCUT2D eigenvalue weighted by molar-refractivity contribution is 0.0755. The Bertz CT molecular complexity index is 664. The second-order valence-corrected chi connectivity index (χ2v) is 6.41. The minimum absolute atomic E-state index is 0.0198. The van der Waals surface area contributed by atoms with Gasteiger partial charge in [-0.1, -0.05) is 36.6 Å². The molecule has 1 N–H and O–H groups in total. The maximum Gasteiger partial charge on any atom is 0.274 e. The zero-order valence-corrected chi connectivity index (χ0v) is 14.3. The van der Waals surface area contributed by atoms with Crippen molar-refractivity contribution in [2.45, 2.75) is 32.2 Å². The highest BCUT2D eigenvalue weighted by atomic mass is 35.5. The van der Waals surface area contributed by atoms with Crippen LogP contribution in [0.4, 0.5) is 5.82 Å². The summed E-state index contributed by atoms with van der Waals surface area (Å²) in [5, 5.41) is 3.91. The standard InChI is InChI=1S/C18H21ClN4O/c19-15-7-5-14(6-8-15)11-21-17-13-20-16(12-22-17)18(24)23-9-3-1-2-4-10-23/h5-8,12-13H,1-4,9-11H2,(H,21,22). The molecular weight excluding hydrogens is 324 g/mol. The largest absolute Gasteiger partial charge is 0.365 e. The maximum atomic E-state index is 12.5. The van der Waals surface area contributed by atoms with E-state index >= 15 is 0 Å². The van der Waals surface area contributed by atoms with Crippen LogP contribution in [0.2, 0.25) is 5.02 Å². The van der Waals surface area contributed by atoms with E-state index in [2.05, 4.69) is 15.3 Å². The second-order valence-electron chi connectivity index (χ2n) is 5.97. The van der Waals surface area contributed by atoms with E-state index in [1.54, 1.807) is 12.4 Å². The number of hydrogen-bond donors (Lipinski definition) is 1. The van der Waals surface area contributed by atoms with Crippen molar-refractivity contribution in [2.75, 3.05) is 18.4 Å². The van der Waals surface area contributed by atoms with Crippen LogP contribution in [-0.4, -0.2) is 33.9 Å². The maximum absolute atomic E-state index is 12.5. The van der Waals surface area contributed by atoms with Crippen molar-refractivity contribution in [1.82, 2.24) is 14.9 Å². The van der Waals surface area contributed by atoms with Crippen molar-refractivity contribution in [3.8, 4) is 0 Å². The summed E-state index contributed by atoms with van der Waals surface area (Å²) in [5.74, 6) is 0.631. The molecule has 6 heteroatoms. The number of likely N-dealkylation sites (tertiary alicyclic amines) is 1. The third-order valence-electron chi connectivity index (χ3n) is 4.15. The Morgan fingerprint density at radius 3 is 2.38 bits per heavy atom. The monoisotopic (exact) mass is 344 g/mol. The number of nitrogens with one attached hydrogen (secondary N) is 1. The summed E-state index contributed by atoms with van der Waals surface area (Å²) in [7, 11) is 0. The number of carbonyl (C=O) groups is 1. The molecule has 0 saturated carbocycles. The number of aromatic nitrogens is 2. The van der Waals surface area contributed by atoms with E-state index in [0.29, 0.717) is 18.1 Å². The molecular formula is C18H21ClN4O. The van der Waals surface area contributed by atoms with E-state index in [-0.39, 0.29) is 5.91 Å². The van der Waals surface area contributed by atoms with Gasteiger partial charge in [0.1, 0.15) is 11.5 Å². The second kappa shape index (κ2) is 8.11. The summed E-state index contributed by atoms with van der Waals surface area (Å²) in [6.07, 6.45) is 7.70. The van der Waals surface area contributed by atoms with Gasteiger partial charge in [-0.25, -0.2) is 9.97 Å². The Kier molecular flexibility index (Phi) is 5.64. The van der Waals surface area contributed by atoms with Crippen molar-refractivity contribution >= 4 is 23.3 Å². The van der Waals surface area contributed by atoms with E-state index < -0.39 is 0 Å². The van der Waals surface area contributed by atoms with Gasteiger partial charge in [-0.05, 0) is 30.5 Å². The Morgan fingerprint density at radius 1 is 1.04 bits per heavy atom. The van der Waals surface area contributed by atoms with E-state index in [0.717, 1.165) is 36.5 Å². The fourth-order valence-corrected chi connectivity index (χ4v) is 2.89. The van der Waals surface area contributed by atoms with Gasteiger partial charge in [-0.3, -0.25) is 4.79 Å². The average Bonchev–Trinajstić information content (AvgIpc) is 2.90. The van der Waals surface area contributed by atoms with Gasteiger partial charge in [0.2, 0.25) is 0 Å². The predicted octanol–water partition coefficient (Wildman–Crippen LogP) is 3.76. The van der Waals surface area contributed by atoms with E-state index in [1.807, 2.05) is 29.2 Å². The molecule has 0 atom stereocenters. The number of nitrogens with zero attached hydrogens (tertiary/aromatic N) is 3. The van der Waals surface area contributed by atoms with Crippen molar-refractivity contribution < 1.29 is 4.79 Å². The molecule has 0 spiro atoms. The van der Waals surface area contributed by atoms with Crippen molar-refractivity contribution in [3.63, 3.8) is 0 Å². The summed E-state index contributed by atoms with van der Waals surface area (Å²) >= 11 is 5.87. The van der Waals surface area contributed by atoms with Crippen LogP contribution in [0.5, 0.6) is 0 Å². The molecule has 0 bridgehead atoms. The van der Waals surface area contributed by atoms with Gasteiger partial charge < -0.3 is 10.2 Å². The first-order chi connectivity index (χ1) is 11.7. The Morgan fingerprint density at radius 2 is 1.75 bits per heavy atom. The lowest BCUT2D eigenvalue weighted by Crippen LogP contribution is -2.32. The van der Waals surface area contributed by atoms with Crippen LogP contribution in [0, 0.1) is 0 Å². The molecule has 5 nitrogen and oxygen atoms in total. The van der Waals surface area contributed by atoms with Crippen LogP contribution in [0.15, 0.2) is 36.7 Å². The Hall–Kier alpha value is -2.14. The van der Waals surface area contributed by atoms with E-state index in [1.165, 1.54) is 12.8 Å². The molecule has 1 aromatic heterocycles. The van der Waals surface area contributed by atoms with Crippen molar-refractivity contribution in [2.24, 2.45) is 0 Å². The van der Waals surface area contributed by atoms with Gasteiger partial charge in [-0.2, -0.15) is 0 Å². The third-order valence-corrected chi connectivity index (χ3v) is 4.40. The highest BCUT2D eigenvalue weighted by molar-refractivity contribution is 6.30. The van der Waals surface area contributed by atoms with Gasteiger partial charge in [0, 0.05) is 24.7 Å². The minimum Gasteiger partial charge on any atom is -0.365 e. The van der Waals surface area contributed by atoms with Crippen LogP contribution >= 0.6 is 11.6 Å². The third kappa shape index (κ3) is 4.45. The van der Waals surface area contributed by atoms with Gasteiger partial charge in [0.15, 0.2) is 0 Å². The van der Waals surface area contributed by atoms with Gasteiger partial charge in [0.25, 0.3) is 5.91 Å². The summed E-state index contributed by atoms with van der Waals surface area (Å²) in [5.41, 5.74) is 1.51. The zero-order chi connectivity index (χ0) is 16.8. The molecule has 0 unspecified atom stereocenters. The molecule has 2 aromatic rings. The summed E-state index contributed by atoms with van der Waals surface area (Å²) in [4.78, 5) is 22.9. The highest BCUT2D eigenvalue weighted by Crippen LogP contribution is 2.14. The smallest absolute Gasteiger partial charge is 0.274 e. The van der Waals surface area contributed by atoms with Crippen LogP contribution in [0.3, 0.4) is 0 Å². The number of benzene rings is 1. The molecule has 1 aliphatic heterocycles. The topological polar surface area (TPSA) is 58.1 Å². The fourth-order valence-electron chi connectivity index (χ4n) is 2.76. The number of hydrogen-bond acceptors (Lipinski definition) is 4. The van der Waals surface area contributed by atoms with Crippen LogP contribution in [0.1, 0.15) is 41.7 Å². The first kappa shape index (κ1) is 16.7. The predicted molar refractivity (Wildman–Crippen MR) is 95.2 cm³/mol. The average molecular weight is 345 g/mol. The molecule has 2 heterocycles. The van der Waals surface area contributed by atoms with Crippen molar-refractivity contribution in [1.29, 1.82) is 0 Å².